The first-order chi connectivity index (χ1) is 11.6. The van der Waals surface area contributed by atoms with Gasteiger partial charge in [0.05, 0.1) is 16.0 Å². The van der Waals surface area contributed by atoms with Crippen LogP contribution in [0.5, 0.6) is 0 Å². The number of hydrazone groups is 1. The van der Waals surface area contributed by atoms with Gasteiger partial charge in [-0.05, 0) is 47.8 Å². The number of benzene rings is 1. The average molecular weight is 364 g/mol. The molecule has 0 heterocycles. The Bertz CT molecular complexity index is 889. The molecule has 0 aromatic heterocycles. The highest BCUT2D eigenvalue weighted by Gasteiger charge is 2.50. The fourth-order valence-corrected chi connectivity index (χ4v) is 4.19. The van der Waals surface area contributed by atoms with Crippen LogP contribution in [-0.2, 0) is 10.0 Å². The molecule has 8 nitrogen and oxygen atoms in total. The Hall–Kier alpha value is -2.26. The summed E-state index contributed by atoms with van der Waals surface area (Å²) in [5.74, 6) is 1.17. The van der Waals surface area contributed by atoms with Crippen molar-refractivity contribution in [1.82, 2.24) is 0 Å². The number of sulfonamides is 1. The fourth-order valence-electron chi connectivity index (χ4n) is 3.66. The van der Waals surface area contributed by atoms with Gasteiger partial charge in [-0.15, -0.1) is 0 Å². The minimum atomic E-state index is -4.01. The van der Waals surface area contributed by atoms with E-state index in [1.165, 1.54) is 12.1 Å². The van der Waals surface area contributed by atoms with Crippen LogP contribution in [-0.4, -0.2) is 19.6 Å². The summed E-state index contributed by atoms with van der Waals surface area (Å²) in [7, 11) is -4.01. The zero-order chi connectivity index (χ0) is 18.4. The number of allylic oxidation sites excluding steroid dienone is 2. The topological polar surface area (TPSA) is 128 Å². The van der Waals surface area contributed by atoms with Crippen molar-refractivity contribution in [1.29, 1.82) is 0 Å². The normalized spacial score (nSPS) is 24.5. The summed E-state index contributed by atoms with van der Waals surface area (Å²) < 4.78 is 22.7. The number of hydrogen-bond acceptors (Lipinski definition) is 6. The number of nitro benzene ring substituents is 1. The number of nitrogens with zero attached hydrogens (tertiary/aromatic N) is 2. The van der Waals surface area contributed by atoms with E-state index in [0.717, 1.165) is 30.4 Å². The van der Waals surface area contributed by atoms with Gasteiger partial charge in [0.1, 0.15) is 5.69 Å². The maximum absolute atomic E-state index is 11.3. The zero-order valence-electron chi connectivity index (χ0n) is 14.0. The van der Waals surface area contributed by atoms with Crippen LogP contribution >= 0.6 is 0 Å². The maximum Gasteiger partial charge on any atom is 0.295 e. The molecule has 1 fully saturated rings. The van der Waals surface area contributed by atoms with Gasteiger partial charge in [0.2, 0.25) is 10.0 Å². The van der Waals surface area contributed by atoms with Crippen molar-refractivity contribution in [2.45, 2.75) is 31.6 Å². The van der Waals surface area contributed by atoms with Crippen molar-refractivity contribution in [2.75, 3.05) is 5.43 Å². The van der Waals surface area contributed by atoms with Gasteiger partial charge in [-0.25, -0.2) is 13.6 Å². The van der Waals surface area contributed by atoms with E-state index in [9.17, 15) is 18.5 Å². The number of anilines is 1. The lowest BCUT2D eigenvalue weighted by Gasteiger charge is -2.55. The molecule has 0 saturated heterocycles. The molecule has 0 amide bonds. The largest absolute Gasteiger partial charge is 0.295 e. The van der Waals surface area contributed by atoms with Crippen LogP contribution in [0.3, 0.4) is 0 Å². The molecule has 9 heteroatoms. The van der Waals surface area contributed by atoms with Gasteiger partial charge in [-0.2, -0.15) is 5.10 Å². The lowest BCUT2D eigenvalue weighted by Crippen LogP contribution is -2.48. The quantitative estimate of drug-likeness (QED) is 0.471. The molecular weight excluding hydrogens is 344 g/mol. The summed E-state index contributed by atoms with van der Waals surface area (Å²) in [4.78, 5) is 10.2. The van der Waals surface area contributed by atoms with Crippen molar-refractivity contribution in [3.05, 3.63) is 40.0 Å². The van der Waals surface area contributed by atoms with Crippen LogP contribution in [0.1, 0.15) is 26.7 Å². The molecule has 1 saturated carbocycles. The van der Waals surface area contributed by atoms with E-state index >= 15 is 0 Å². The van der Waals surface area contributed by atoms with E-state index in [1.807, 2.05) is 0 Å². The first kappa shape index (κ1) is 17.6. The standard InChI is InChI=1S/C16H20N4O4S/c1-16(2)11-4-3-10(13(16)7-11)9-18-19-14-6-5-12(25(17,23)24)8-15(14)20(21)22/h3,5-6,8-9,11,13,19H,4,7H2,1-2H3,(H2,17,23,24)/b18-9-/t11-,13-/m1/s1. The minimum absolute atomic E-state index is 0.107. The third-order valence-electron chi connectivity index (χ3n) is 5.40. The molecule has 0 radical (unpaired) electrons. The molecule has 2 bridgehead atoms. The number of fused-ring (bicyclic) bond motifs is 1. The predicted octanol–water partition coefficient (Wildman–Crippen LogP) is 2.63. The molecule has 3 aliphatic carbocycles. The van der Waals surface area contributed by atoms with Crippen molar-refractivity contribution in [2.24, 2.45) is 27.5 Å². The van der Waals surface area contributed by atoms with Crippen LogP contribution in [0.4, 0.5) is 11.4 Å². The molecule has 1 aromatic rings. The number of nitro groups is 1. The Labute approximate surface area is 146 Å². The molecular formula is C16H20N4O4S. The summed E-state index contributed by atoms with van der Waals surface area (Å²) in [6, 6.07) is 3.42. The molecule has 1 aromatic carbocycles. The smallest absolute Gasteiger partial charge is 0.272 e. The monoisotopic (exact) mass is 364 g/mol. The van der Waals surface area contributed by atoms with Crippen molar-refractivity contribution < 1.29 is 13.3 Å². The first-order valence-electron chi connectivity index (χ1n) is 7.91. The fraction of sp³-hybridized carbons (Fsp3) is 0.438. The average Bonchev–Trinajstić information content (AvgIpc) is 2.53. The maximum atomic E-state index is 11.3. The van der Waals surface area contributed by atoms with Crippen LogP contribution in [0, 0.1) is 27.4 Å². The number of hydrogen-bond donors (Lipinski definition) is 2. The van der Waals surface area contributed by atoms with Gasteiger partial charge in [-0.3, -0.25) is 15.5 Å². The lowest BCUT2D eigenvalue weighted by molar-refractivity contribution is -0.384. The Morgan fingerprint density at radius 1 is 1.44 bits per heavy atom. The summed E-state index contributed by atoms with van der Waals surface area (Å²) in [6.07, 6.45) is 6.02. The third-order valence-corrected chi connectivity index (χ3v) is 6.32. The van der Waals surface area contributed by atoms with Gasteiger partial charge in [0, 0.05) is 6.07 Å². The van der Waals surface area contributed by atoms with Gasteiger partial charge < -0.3 is 0 Å². The minimum Gasteiger partial charge on any atom is -0.272 e. The van der Waals surface area contributed by atoms with Gasteiger partial charge in [0.15, 0.2) is 0 Å². The summed E-state index contributed by atoms with van der Waals surface area (Å²) in [5.41, 5.74) is 3.74. The van der Waals surface area contributed by atoms with Crippen molar-refractivity contribution in [3.8, 4) is 0 Å². The van der Waals surface area contributed by atoms with Crippen LogP contribution in [0.2, 0.25) is 0 Å². The number of nitrogens with two attached hydrogens (primary N) is 1. The SMILES string of the molecule is CC1(C)[C@@H]2CC=C(/C=N\Nc3ccc(S(N)(=O)=O)cc3[N+](=O)[O-])[C@H]1C2. The van der Waals surface area contributed by atoms with E-state index in [4.69, 9.17) is 5.14 Å². The highest BCUT2D eigenvalue weighted by Crippen LogP contribution is 2.58. The first-order valence-corrected chi connectivity index (χ1v) is 9.45. The molecule has 4 rings (SSSR count). The molecule has 3 aliphatic rings. The number of rotatable bonds is 5. The van der Waals surface area contributed by atoms with Gasteiger partial charge in [-0.1, -0.05) is 19.9 Å². The summed E-state index contributed by atoms with van der Waals surface area (Å²) in [5, 5.41) is 20.3. The lowest BCUT2D eigenvalue weighted by atomic mass is 9.49. The summed E-state index contributed by atoms with van der Waals surface area (Å²) in [6.45, 7) is 4.49. The zero-order valence-corrected chi connectivity index (χ0v) is 14.8. The highest BCUT2D eigenvalue weighted by atomic mass is 32.2. The molecule has 0 spiro atoms. The second-order valence-corrected chi connectivity index (χ2v) is 8.66. The molecule has 134 valence electrons. The summed E-state index contributed by atoms with van der Waals surface area (Å²) >= 11 is 0. The Balaban J connectivity index is 1.79. The van der Waals surface area contributed by atoms with Crippen molar-refractivity contribution >= 4 is 27.6 Å². The molecule has 3 N–H and O–H groups in total. The number of nitrogens with one attached hydrogen (secondary N) is 1. The van der Waals surface area contributed by atoms with Crippen LogP contribution in [0.15, 0.2) is 39.8 Å². The number of primary sulfonamides is 1. The molecule has 25 heavy (non-hydrogen) atoms. The Kier molecular flexibility index (Phi) is 4.16. The van der Waals surface area contributed by atoms with E-state index in [0.29, 0.717) is 5.92 Å². The Morgan fingerprint density at radius 2 is 2.16 bits per heavy atom. The van der Waals surface area contributed by atoms with E-state index in [-0.39, 0.29) is 16.0 Å². The van der Waals surface area contributed by atoms with Crippen molar-refractivity contribution in [3.63, 3.8) is 0 Å². The predicted molar refractivity (Wildman–Crippen MR) is 94.7 cm³/mol. The third kappa shape index (κ3) is 3.16. The van der Waals surface area contributed by atoms with Crippen LogP contribution in [0.25, 0.3) is 0 Å². The second-order valence-electron chi connectivity index (χ2n) is 7.10. The molecule has 2 atom stereocenters. The van der Waals surface area contributed by atoms with E-state index in [2.05, 4.69) is 30.5 Å². The van der Waals surface area contributed by atoms with Crippen LogP contribution < -0.4 is 10.6 Å². The highest BCUT2D eigenvalue weighted by molar-refractivity contribution is 7.89. The Morgan fingerprint density at radius 3 is 2.72 bits per heavy atom. The second kappa shape index (κ2) is 5.92. The van der Waals surface area contributed by atoms with Gasteiger partial charge in [0.25, 0.3) is 5.69 Å². The van der Waals surface area contributed by atoms with E-state index in [1.54, 1.807) is 6.21 Å². The molecule has 0 unspecified atom stereocenters. The van der Waals surface area contributed by atoms with Gasteiger partial charge >= 0.3 is 0 Å². The van der Waals surface area contributed by atoms with E-state index < -0.39 is 20.6 Å². The molecule has 0 aliphatic heterocycles.